The Balaban J connectivity index is 2.08. The van der Waals surface area contributed by atoms with Crippen LogP contribution in [0.25, 0.3) is 0 Å². The quantitative estimate of drug-likeness (QED) is 0.729. The fraction of sp³-hybridized carbons (Fsp3) is 0.867. The van der Waals surface area contributed by atoms with Crippen LogP contribution in [-0.2, 0) is 9.53 Å². The largest absolute Gasteiger partial charge is 0.444 e. The van der Waals surface area contributed by atoms with Gasteiger partial charge in [-0.25, -0.2) is 4.79 Å². The van der Waals surface area contributed by atoms with Gasteiger partial charge >= 0.3 is 6.09 Å². The zero-order chi connectivity index (χ0) is 15.9. The highest BCUT2D eigenvalue weighted by atomic mass is 16.6. The lowest BCUT2D eigenvalue weighted by atomic mass is 10.2. The Bertz CT molecular complexity index is 347. The zero-order valence-corrected chi connectivity index (χ0v) is 13.7. The SMILES string of the molecule is CC(NCCCNC(=O)OC(C)(C)C)C(=O)N1CCCC1. The van der Waals surface area contributed by atoms with Crippen LogP contribution in [0.2, 0.25) is 0 Å². The summed E-state index contributed by atoms with van der Waals surface area (Å²) in [4.78, 5) is 25.4. The van der Waals surface area contributed by atoms with E-state index in [2.05, 4.69) is 10.6 Å². The minimum atomic E-state index is -0.473. The molecule has 1 aliphatic rings. The van der Waals surface area contributed by atoms with Gasteiger partial charge in [-0.15, -0.1) is 0 Å². The van der Waals surface area contributed by atoms with Crippen molar-refractivity contribution in [3.63, 3.8) is 0 Å². The topological polar surface area (TPSA) is 70.7 Å². The molecule has 2 amide bonds. The van der Waals surface area contributed by atoms with Crippen LogP contribution in [0.3, 0.4) is 0 Å². The van der Waals surface area contributed by atoms with Crippen LogP contribution >= 0.6 is 0 Å². The van der Waals surface area contributed by atoms with Crippen molar-refractivity contribution in [2.24, 2.45) is 0 Å². The lowest BCUT2D eigenvalue weighted by molar-refractivity contribution is -0.131. The molecule has 1 heterocycles. The Morgan fingerprint density at radius 1 is 1.19 bits per heavy atom. The molecular weight excluding hydrogens is 270 g/mol. The lowest BCUT2D eigenvalue weighted by Gasteiger charge is -2.21. The van der Waals surface area contributed by atoms with Crippen LogP contribution in [-0.4, -0.2) is 54.7 Å². The van der Waals surface area contributed by atoms with Crippen molar-refractivity contribution in [3.05, 3.63) is 0 Å². The third kappa shape index (κ3) is 7.32. The van der Waals surface area contributed by atoms with E-state index >= 15 is 0 Å². The first-order chi connectivity index (χ1) is 9.79. The Morgan fingerprint density at radius 3 is 2.38 bits per heavy atom. The second-order valence-electron chi connectivity index (χ2n) is 6.49. The monoisotopic (exact) mass is 299 g/mol. The maximum atomic E-state index is 12.0. The third-order valence-corrected chi connectivity index (χ3v) is 3.26. The molecule has 1 aliphatic heterocycles. The van der Waals surface area contributed by atoms with Gasteiger partial charge in [-0.1, -0.05) is 0 Å². The van der Waals surface area contributed by atoms with E-state index in [9.17, 15) is 9.59 Å². The maximum Gasteiger partial charge on any atom is 0.407 e. The number of amides is 2. The highest BCUT2D eigenvalue weighted by Gasteiger charge is 2.22. The Hall–Kier alpha value is -1.30. The summed E-state index contributed by atoms with van der Waals surface area (Å²) in [6, 6.07) is -0.162. The summed E-state index contributed by atoms with van der Waals surface area (Å²) in [7, 11) is 0. The molecule has 0 aromatic carbocycles. The lowest BCUT2D eigenvalue weighted by Crippen LogP contribution is -2.44. The van der Waals surface area contributed by atoms with Crippen LogP contribution in [0.5, 0.6) is 0 Å². The van der Waals surface area contributed by atoms with E-state index in [0.29, 0.717) is 13.1 Å². The number of hydrogen-bond donors (Lipinski definition) is 2. The van der Waals surface area contributed by atoms with E-state index in [4.69, 9.17) is 4.74 Å². The Morgan fingerprint density at radius 2 is 1.81 bits per heavy atom. The molecule has 0 bridgehead atoms. The zero-order valence-electron chi connectivity index (χ0n) is 13.7. The predicted octanol–water partition coefficient (Wildman–Crippen LogP) is 1.50. The summed E-state index contributed by atoms with van der Waals surface area (Å²) in [5.74, 6) is 0.174. The molecule has 122 valence electrons. The summed E-state index contributed by atoms with van der Waals surface area (Å²) in [6.07, 6.45) is 2.58. The molecule has 0 aliphatic carbocycles. The molecule has 0 aromatic rings. The molecule has 2 N–H and O–H groups in total. The van der Waals surface area contributed by atoms with E-state index < -0.39 is 11.7 Å². The smallest absolute Gasteiger partial charge is 0.407 e. The van der Waals surface area contributed by atoms with Crippen molar-refractivity contribution in [1.29, 1.82) is 0 Å². The van der Waals surface area contributed by atoms with Gasteiger partial charge in [-0.05, 0) is 53.5 Å². The summed E-state index contributed by atoms with van der Waals surface area (Å²) < 4.78 is 5.14. The molecular formula is C15H29N3O3. The van der Waals surface area contributed by atoms with Gasteiger partial charge in [0.05, 0.1) is 6.04 Å². The van der Waals surface area contributed by atoms with E-state index in [0.717, 1.165) is 32.4 Å². The van der Waals surface area contributed by atoms with Crippen LogP contribution in [0.15, 0.2) is 0 Å². The number of likely N-dealkylation sites (tertiary alicyclic amines) is 1. The molecule has 1 atom stereocenters. The summed E-state index contributed by atoms with van der Waals surface area (Å²) in [5, 5.41) is 5.90. The minimum Gasteiger partial charge on any atom is -0.444 e. The normalized spacial score (nSPS) is 16.7. The van der Waals surface area contributed by atoms with Gasteiger partial charge in [-0.2, -0.15) is 0 Å². The molecule has 0 radical (unpaired) electrons. The van der Waals surface area contributed by atoms with E-state index in [1.165, 1.54) is 0 Å². The number of carbonyl (C=O) groups is 2. The molecule has 21 heavy (non-hydrogen) atoms. The van der Waals surface area contributed by atoms with Crippen LogP contribution in [0.1, 0.15) is 47.0 Å². The molecule has 1 fully saturated rings. The van der Waals surface area contributed by atoms with Crippen molar-refractivity contribution >= 4 is 12.0 Å². The van der Waals surface area contributed by atoms with Gasteiger partial charge in [-0.3, -0.25) is 4.79 Å². The highest BCUT2D eigenvalue weighted by molar-refractivity contribution is 5.81. The number of ether oxygens (including phenoxy) is 1. The van der Waals surface area contributed by atoms with Crippen LogP contribution in [0.4, 0.5) is 4.79 Å². The average molecular weight is 299 g/mol. The second kappa shape index (κ2) is 8.22. The second-order valence-corrected chi connectivity index (χ2v) is 6.49. The maximum absolute atomic E-state index is 12.0. The molecule has 0 saturated carbocycles. The number of nitrogens with zero attached hydrogens (tertiary/aromatic N) is 1. The molecule has 1 rings (SSSR count). The highest BCUT2D eigenvalue weighted by Crippen LogP contribution is 2.09. The first-order valence-electron chi connectivity index (χ1n) is 7.78. The van der Waals surface area contributed by atoms with Crippen molar-refractivity contribution in [1.82, 2.24) is 15.5 Å². The number of alkyl carbamates (subject to hydrolysis) is 1. The van der Waals surface area contributed by atoms with Gasteiger partial charge in [0.15, 0.2) is 0 Å². The number of carbonyl (C=O) groups excluding carboxylic acids is 2. The van der Waals surface area contributed by atoms with Crippen molar-refractivity contribution in [3.8, 4) is 0 Å². The van der Waals surface area contributed by atoms with Gasteiger partial charge in [0, 0.05) is 19.6 Å². The fourth-order valence-electron chi connectivity index (χ4n) is 2.21. The molecule has 1 saturated heterocycles. The molecule has 6 nitrogen and oxygen atoms in total. The standard InChI is InChI=1S/C15H29N3O3/c1-12(13(19)18-10-5-6-11-18)16-8-7-9-17-14(20)21-15(2,3)4/h12,16H,5-11H2,1-4H3,(H,17,20). The molecule has 6 heteroatoms. The van der Waals surface area contributed by atoms with Gasteiger partial charge in [0.25, 0.3) is 0 Å². The Labute approximate surface area is 127 Å². The third-order valence-electron chi connectivity index (χ3n) is 3.26. The van der Waals surface area contributed by atoms with Crippen molar-refractivity contribution in [2.75, 3.05) is 26.2 Å². The molecule has 0 aromatic heterocycles. The summed E-state index contributed by atoms with van der Waals surface area (Å²) in [6.45, 7) is 10.4. The minimum absolute atomic E-state index is 0.162. The van der Waals surface area contributed by atoms with Crippen molar-refractivity contribution in [2.45, 2.75) is 58.6 Å². The van der Waals surface area contributed by atoms with E-state index in [1.807, 2.05) is 32.6 Å². The van der Waals surface area contributed by atoms with E-state index in [-0.39, 0.29) is 11.9 Å². The average Bonchev–Trinajstić information content (AvgIpc) is 2.88. The summed E-state index contributed by atoms with van der Waals surface area (Å²) in [5.41, 5.74) is -0.473. The van der Waals surface area contributed by atoms with Crippen molar-refractivity contribution < 1.29 is 14.3 Å². The first-order valence-corrected chi connectivity index (χ1v) is 7.78. The van der Waals surface area contributed by atoms with Gasteiger partial charge < -0.3 is 20.3 Å². The first kappa shape index (κ1) is 17.8. The van der Waals surface area contributed by atoms with Gasteiger partial charge in [0.1, 0.15) is 5.60 Å². The predicted molar refractivity (Wildman–Crippen MR) is 82.1 cm³/mol. The van der Waals surface area contributed by atoms with E-state index in [1.54, 1.807) is 0 Å². The summed E-state index contributed by atoms with van der Waals surface area (Å²) >= 11 is 0. The molecule has 1 unspecified atom stereocenters. The molecule has 0 spiro atoms. The number of rotatable bonds is 6. The number of nitrogens with one attached hydrogen (secondary N) is 2. The van der Waals surface area contributed by atoms with Crippen LogP contribution < -0.4 is 10.6 Å². The van der Waals surface area contributed by atoms with Crippen LogP contribution in [0, 0.1) is 0 Å². The number of hydrogen-bond acceptors (Lipinski definition) is 4. The van der Waals surface area contributed by atoms with Gasteiger partial charge in [0.2, 0.25) is 5.91 Å². The fourth-order valence-corrected chi connectivity index (χ4v) is 2.21. The Kier molecular flexibility index (Phi) is 6.95.